The van der Waals surface area contributed by atoms with E-state index in [-0.39, 0.29) is 11.7 Å². The van der Waals surface area contributed by atoms with Crippen LogP contribution in [0.4, 0.5) is 0 Å². The lowest BCUT2D eigenvalue weighted by Crippen LogP contribution is -2.21. The van der Waals surface area contributed by atoms with Crippen molar-refractivity contribution in [2.75, 3.05) is 19.8 Å². The summed E-state index contributed by atoms with van der Waals surface area (Å²) in [6.07, 6.45) is 0.716. The molecule has 0 saturated carbocycles. The SMILES string of the molecule is CCOc1ccc(C(C#N)C(=O)C2CCOC2)cc1. The van der Waals surface area contributed by atoms with E-state index in [2.05, 4.69) is 6.07 Å². The van der Waals surface area contributed by atoms with E-state index in [0.29, 0.717) is 26.2 Å². The molecule has 0 aliphatic carbocycles. The van der Waals surface area contributed by atoms with E-state index < -0.39 is 5.92 Å². The van der Waals surface area contributed by atoms with Crippen molar-refractivity contribution in [2.45, 2.75) is 19.3 Å². The quantitative estimate of drug-likeness (QED) is 0.814. The molecular formula is C15H17NO3. The number of ether oxygens (including phenoxy) is 2. The number of hydrogen-bond acceptors (Lipinski definition) is 4. The molecule has 0 radical (unpaired) electrons. The van der Waals surface area contributed by atoms with Crippen molar-refractivity contribution in [1.29, 1.82) is 5.26 Å². The standard InChI is InChI=1S/C15H17NO3/c1-2-19-13-5-3-11(4-6-13)14(9-16)15(17)12-7-8-18-10-12/h3-6,12,14H,2,7-8,10H2,1H3. The van der Waals surface area contributed by atoms with Crippen molar-refractivity contribution >= 4 is 5.78 Å². The third-order valence-corrected chi connectivity index (χ3v) is 3.27. The van der Waals surface area contributed by atoms with Crippen LogP contribution < -0.4 is 4.74 Å². The minimum atomic E-state index is -0.706. The number of hydrogen-bond donors (Lipinski definition) is 0. The zero-order valence-corrected chi connectivity index (χ0v) is 11.0. The summed E-state index contributed by atoms with van der Waals surface area (Å²) in [5.41, 5.74) is 0.725. The highest BCUT2D eigenvalue weighted by molar-refractivity contribution is 5.90. The van der Waals surface area contributed by atoms with E-state index in [4.69, 9.17) is 9.47 Å². The number of carbonyl (C=O) groups is 1. The van der Waals surface area contributed by atoms with Gasteiger partial charge in [-0.1, -0.05) is 12.1 Å². The molecule has 2 rings (SSSR count). The van der Waals surface area contributed by atoms with Gasteiger partial charge >= 0.3 is 0 Å². The molecule has 100 valence electrons. The Labute approximate surface area is 112 Å². The molecule has 0 N–H and O–H groups in total. The van der Waals surface area contributed by atoms with Crippen molar-refractivity contribution in [1.82, 2.24) is 0 Å². The van der Waals surface area contributed by atoms with Crippen LogP contribution in [0.1, 0.15) is 24.8 Å². The van der Waals surface area contributed by atoms with Crippen molar-refractivity contribution in [3.63, 3.8) is 0 Å². The zero-order chi connectivity index (χ0) is 13.7. The van der Waals surface area contributed by atoms with Crippen LogP contribution in [-0.4, -0.2) is 25.6 Å². The van der Waals surface area contributed by atoms with Gasteiger partial charge in [-0.3, -0.25) is 4.79 Å². The molecule has 1 aromatic carbocycles. The van der Waals surface area contributed by atoms with Crippen molar-refractivity contribution in [3.8, 4) is 11.8 Å². The minimum Gasteiger partial charge on any atom is -0.494 e. The lowest BCUT2D eigenvalue weighted by molar-refractivity contribution is -0.123. The average Bonchev–Trinajstić information content (AvgIpc) is 2.96. The fourth-order valence-electron chi connectivity index (χ4n) is 2.22. The van der Waals surface area contributed by atoms with Crippen molar-refractivity contribution in [3.05, 3.63) is 29.8 Å². The maximum absolute atomic E-state index is 12.3. The second-order valence-corrected chi connectivity index (χ2v) is 4.53. The van der Waals surface area contributed by atoms with Crippen LogP contribution in [0.25, 0.3) is 0 Å². The average molecular weight is 259 g/mol. The number of carbonyl (C=O) groups excluding carboxylic acids is 1. The summed E-state index contributed by atoms with van der Waals surface area (Å²) in [6, 6.07) is 9.26. The summed E-state index contributed by atoms with van der Waals surface area (Å²) >= 11 is 0. The minimum absolute atomic E-state index is 0.0378. The van der Waals surface area contributed by atoms with Crippen LogP contribution in [0, 0.1) is 17.2 Å². The van der Waals surface area contributed by atoms with Gasteiger partial charge in [-0.25, -0.2) is 0 Å². The van der Waals surface area contributed by atoms with E-state index in [9.17, 15) is 10.1 Å². The molecule has 1 aliphatic rings. The third-order valence-electron chi connectivity index (χ3n) is 3.27. The predicted octanol–water partition coefficient (Wildman–Crippen LogP) is 2.30. The van der Waals surface area contributed by atoms with Crippen molar-refractivity contribution < 1.29 is 14.3 Å². The summed E-state index contributed by atoms with van der Waals surface area (Å²) in [7, 11) is 0. The molecule has 2 unspecified atom stereocenters. The topological polar surface area (TPSA) is 59.3 Å². The zero-order valence-electron chi connectivity index (χ0n) is 11.0. The molecule has 0 bridgehead atoms. The van der Waals surface area contributed by atoms with Gasteiger partial charge in [0, 0.05) is 12.5 Å². The second kappa shape index (κ2) is 6.35. The Hall–Kier alpha value is -1.86. The number of rotatable bonds is 5. The first-order valence-corrected chi connectivity index (χ1v) is 6.50. The normalized spacial score (nSPS) is 19.7. The molecule has 4 heteroatoms. The fourth-order valence-corrected chi connectivity index (χ4v) is 2.22. The van der Waals surface area contributed by atoms with Crippen LogP contribution in [-0.2, 0) is 9.53 Å². The summed E-state index contributed by atoms with van der Waals surface area (Å²) < 4.78 is 10.6. The molecule has 1 aromatic rings. The summed E-state index contributed by atoms with van der Waals surface area (Å²) in [4.78, 5) is 12.3. The van der Waals surface area contributed by atoms with Gasteiger partial charge in [0.1, 0.15) is 11.7 Å². The summed E-state index contributed by atoms with van der Waals surface area (Å²) in [6.45, 7) is 3.56. The van der Waals surface area contributed by atoms with Gasteiger partial charge in [-0.15, -0.1) is 0 Å². The first kappa shape index (κ1) is 13.6. The molecule has 0 amide bonds. The Morgan fingerprint density at radius 1 is 1.53 bits per heavy atom. The Morgan fingerprint density at radius 3 is 2.79 bits per heavy atom. The Morgan fingerprint density at radius 2 is 2.26 bits per heavy atom. The smallest absolute Gasteiger partial charge is 0.159 e. The Kier molecular flexibility index (Phi) is 4.53. The highest BCUT2D eigenvalue weighted by Crippen LogP contribution is 2.26. The van der Waals surface area contributed by atoms with Crippen LogP contribution >= 0.6 is 0 Å². The molecule has 1 heterocycles. The lowest BCUT2D eigenvalue weighted by atomic mass is 9.88. The molecule has 1 saturated heterocycles. The fraction of sp³-hybridized carbons (Fsp3) is 0.467. The number of nitriles is 1. The lowest BCUT2D eigenvalue weighted by Gasteiger charge is -2.13. The molecule has 0 aromatic heterocycles. The first-order valence-electron chi connectivity index (χ1n) is 6.50. The van der Waals surface area contributed by atoms with Gasteiger partial charge in [-0.05, 0) is 31.0 Å². The van der Waals surface area contributed by atoms with Crippen LogP contribution in [0.15, 0.2) is 24.3 Å². The Bertz CT molecular complexity index is 469. The molecule has 1 fully saturated rings. The molecule has 1 aliphatic heterocycles. The van der Waals surface area contributed by atoms with E-state index in [0.717, 1.165) is 11.3 Å². The van der Waals surface area contributed by atoms with E-state index >= 15 is 0 Å². The largest absolute Gasteiger partial charge is 0.494 e. The Balaban J connectivity index is 2.12. The molecule has 4 nitrogen and oxygen atoms in total. The first-order chi connectivity index (χ1) is 9.26. The van der Waals surface area contributed by atoms with Crippen molar-refractivity contribution in [2.24, 2.45) is 5.92 Å². The number of ketones is 1. The van der Waals surface area contributed by atoms with Crippen LogP contribution in [0.5, 0.6) is 5.75 Å². The van der Waals surface area contributed by atoms with E-state index in [1.807, 2.05) is 6.92 Å². The number of benzene rings is 1. The highest BCUT2D eigenvalue weighted by atomic mass is 16.5. The van der Waals surface area contributed by atoms with Crippen LogP contribution in [0.3, 0.4) is 0 Å². The van der Waals surface area contributed by atoms with Gasteiger partial charge in [0.2, 0.25) is 0 Å². The maximum Gasteiger partial charge on any atom is 0.159 e. The highest BCUT2D eigenvalue weighted by Gasteiger charge is 2.30. The van der Waals surface area contributed by atoms with Gasteiger partial charge < -0.3 is 9.47 Å². The molecular weight excluding hydrogens is 242 g/mol. The summed E-state index contributed by atoms with van der Waals surface area (Å²) in [5, 5.41) is 9.24. The number of Topliss-reactive ketones (excluding diaryl/α,β-unsaturated/α-hetero) is 1. The molecule has 0 spiro atoms. The van der Waals surface area contributed by atoms with E-state index in [1.54, 1.807) is 24.3 Å². The van der Waals surface area contributed by atoms with Gasteiger partial charge in [0.05, 0.1) is 19.3 Å². The van der Waals surface area contributed by atoms with E-state index in [1.165, 1.54) is 0 Å². The van der Waals surface area contributed by atoms with Gasteiger partial charge in [0.15, 0.2) is 5.78 Å². The van der Waals surface area contributed by atoms with Gasteiger partial charge in [-0.2, -0.15) is 5.26 Å². The number of nitrogens with zero attached hydrogens (tertiary/aromatic N) is 1. The maximum atomic E-state index is 12.3. The second-order valence-electron chi connectivity index (χ2n) is 4.53. The third kappa shape index (κ3) is 3.12. The predicted molar refractivity (Wildman–Crippen MR) is 69.9 cm³/mol. The molecule has 2 atom stereocenters. The summed E-state index contributed by atoms with van der Waals surface area (Å²) in [5.74, 6) is -0.137. The molecule has 19 heavy (non-hydrogen) atoms. The van der Waals surface area contributed by atoms with Gasteiger partial charge in [0.25, 0.3) is 0 Å². The van der Waals surface area contributed by atoms with Crippen LogP contribution in [0.2, 0.25) is 0 Å². The monoisotopic (exact) mass is 259 g/mol.